The van der Waals surface area contributed by atoms with E-state index in [1.54, 1.807) is 20.8 Å². The summed E-state index contributed by atoms with van der Waals surface area (Å²) in [6.45, 7) is 14.6. The minimum atomic E-state index is -0.884. The maximum absolute atomic E-state index is 12.9. The zero-order valence-electron chi connectivity index (χ0n) is 37.0. The molecule has 328 valence electrons. The first kappa shape index (κ1) is 53.2. The van der Waals surface area contributed by atoms with Crippen LogP contribution >= 0.6 is 0 Å². The lowest BCUT2D eigenvalue weighted by Gasteiger charge is -2.29. The summed E-state index contributed by atoms with van der Waals surface area (Å²) in [5.74, 6) is -1.30. The molecule has 13 heteroatoms. The van der Waals surface area contributed by atoms with Gasteiger partial charge in [-0.05, 0) is 60.8 Å². The Morgan fingerprint density at radius 2 is 1.02 bits per heavy atom. The Bertz CT molecular complexity index is 1080. The molecule has 0 spiro atoms. The number of amides is 2. The Labute approximate surface area is 340 Å². The molecule has 0 aliphatic carbocycles. The monoisotopic (exact) mass is 801 g/mol. The van der Waals surface area contributed by atoms with Crippen molar-refractivity contribution < 1.29 is 52.1 Å². The molecule has 0 saturated carbocycles. The van der Waals surface area contributed by atoms with Gasteiger partial charge in [-0.1, -0.05) is 77.0 Å². The summed E-state index contributed by atoms with van der Waals surface area (Å²) in [5, 5.41) is 5.76. The lowest BCUT2D eigenvalue weighted by molar-refractivity contribution is -0.889. The number of ether oxygens (including phenoxy) is 5. The molecule has 0 unspecified atom stereocenters. The number of nitrogens with zero attached hydrogens (tertiary/aromatic N) is 1. The van der Waals surface area contributed by atoms with Crippen LogP contribution in [0.3, 0.4) is 0 Å². The normalized spacial score (nSPS) is 12.5. The number of likely N-dealkylation sites (N-methyl/N-ethyl adjacent to an activating group) is 1. The Morgan fingerprint density at radius 1 is 0.536 bits per heavy atom. The van der Waals surface area contributed by atoms with Crippen molar-refractivity contribution in [3.05, 3.63) is 0 Å². The van der Waals surface area contributed by atoms with E-state index in [-0.39, 0.29) is 43.0 Å². The lowest BCUT2D eigenvalue weighted by Crippen LogP contribution is -2.47. The van der Waals surface area contributed by atoms with Gasteiger partial charge in [0, 0.05) is 19.3 Å². The van der Waals surface area contributed by atoms with Gasteiger partial charge in [-0.3, -0.25) is 19.2 Å². The van der Waals surface area contributed by atoms with Gasteiger partial charge in [0.05, 0.1) is 67.1 Å². The summed E-state index contributed by atoms with van der Waals surface area (Å²) in [6.07, 6.45) is 17.2. The molecule has 0 aromatic heterocycles. The van der Waals surface area contributed by atoms with E-state index in [9.17, 15) is 24.0 Å². The summed E-state index contributed by atoms with van der Waals surface area (Å²) < 4.78 is 27.1. The molecule has 0 aliphatic heterocycles. The van der Waals surface area contributed by atoms with Gasteiger partial charge in [-0.25, -0.2) is 4.79 Å². The number of carbonyl (C=O) groups excluding carboxylic acids is 5. The molecule has 0 aromatic carbocycles. The fourth-order valence-corrected chi connectivity index (χ4v) is 5.82. The molecular formula is C43H82N3O10+. The van der Waals surface area contributed by atoms with Crippen LogP contribution in [0.2, 0.25) is 0 Å². The third-order valence-corrected chi connectivity index (χ3v) is 9.07. The Balaban J connectivity index is 4.16. The number of methoxy groups -OCH3 is 1. The number of nitrogens with one attached hydrogen (secondary N) is 2. The molecule has 2 amide bonds. The molecule has 13 nitrogen and oxygen atoms in total. The number of unbranched alkanes of at least 4 members (excludes halogenated alkanes) is 13. The number of esters is 3. The van der Waals surface area contributed by atoms with Crippen LogP contribution in [0.4, 0.5) is 0 Å². The van der Waals surface area contributed by atoms with Crippen LogP contribution in [-0.2, 0) is 47.7 Å². The van der Waals surface area contributed by atoms with E-state index in [4.69, 9.17) is 18.9 Å². The Hall–Kier alpha value is -2.77. The highest BCUT2D eigenvalue weighted by atomic mass is 16.6. The maximum atomic E-state index is 12.9. The van der Waals surface area contributed by atoms with Crippen molar-refractivity contribution in [1.29, 1.82) is 0 Å². The first-order valence-corrected chi connectivity index (χ1v) is 21.4. The van der Waals surface area contributed by atoms with E-state index < -0.39 is 23.2 Å². The number of hydrogen-bond acceptors (Lipinski definition) is 10. The van der Waals surface area contributed by atoms with Crippen LogP contribution in [-0.4, -0.2) is 119 Å². The molecule has 1 atom stereocenters. The smallest absolute Gasteiger partial charge is 0.329 e. The summed E-state index contributed by atoms with van der Waals surface area (Å²) in [6, 6.07) is -0.884. The molecule has 0 radical (unpaired) electrons. The first-order valence-electron chi connectivity index (χ1n) is 21.4. The van der Waals surface area contributed by atoms with Crippen molar-refractivity contribution in [1.82, 2.24) is 10.6 Å². The van der Waals surface area contributed by atoms with Crippen molar-refractivity contribution in [2.45, 2.75) is 181 Å². The summed E-state index contributed by atoms with van der Waals surface area (Å²) >= 11 is 0. The Morgan fingerprint density at radius 3 is 1.52 bits per heavy atom. The van der Waals surface area contributed by atoms with E-state index in [0.717, 1.165) is 45.1 Å². The van der Waals surface area contributed by atoms with E-state index in [1.165, 1.54) is 58.5 Å². The highest BCUT2D eigenvalue weighted by molar-refractivity contribution is 5.85. The van der Waals surface area contributed by atoms with Gasteiger partial charge >= 0.3 is 17.9 Å². The van der Waals surface area contributed by atoms with Gasteiger partial charge in [0.1, 0.15) is 23.8 Å². The average Bonchev–Trinajstić information content (AvgIpc) is 3.09. The van der Waals surface area contributed by atoms with Gasteiger partial charge in [0.2, 0.25) is 11.8 Å². The van der Waals surface area contributed by atoms with E-state index >= 15 is 0 Å². The second kappa shape index (κ2) is 31.3. The predicted octanol–water partition coefficient (Wildman–Crippen LogP) is 6.97. The van der Waals surface area contributed by atoms with Crippen LogP contribution in [0, 0.1) is 0 Å². The fourth-order valence-electron chi connectivity index (χ4n) is 5.82. The third-order valence-electron chi connectivity index (χ3n) is 9.07. The largest absolute Gasteiger partial charge is 0.469 e. The standard InChI is InChI=1S/C43H81N3O10/c1-42(2,3)55-40(50)25-23-21-19-17-15-13-11-10-12-14-16-18-20-22-24-38(48)45-36(41(51)56-43(4,5)6)26-27-37(47)44-29-30-46(7,8)31-33-54-35-34-53-32-28-39(49)52-9/h36H,10-35H2,1-9H3,(H-,44,45,47,48)/p+1/t36-/m0/s1. The van der Waals surface area contributed by atoms with Crippen molar-refractivity contribution in [2.24, 2.45) is 0 Å². The van der Waals surface area contributed by atoms with Crippen molar-refractivity contribution in [3.8, 4) is 0 Å². The first-order chi connectivity index (χ1) is 26.3. The topological polar surface area (TPSA) is 156 Å². The fraction of sp³-hybridized carbons (Fsp3) is 0.884. The van der Waals surface area contributed by atoms with Crippen molar-refractivity contribution in [3.63, 3.8) is 0 Å². The summed E-state index contributed by atoms with van der Waals surface area (Å²) in [7, 11) is 5.46. The molecule has 0 aromatic rings. The molecular weight excluding hydrogens is 718 g/mol. The minimum absolute atomic E-state index is 0.0914. The van der Waals surface area contributed by atoms with E-state index in [0.29, 0.717) is 56.8 Å². The lowest BCUT2D eigenvalue weighted by atomic mass is 10.0. The van der Waals surface area contributed by atoms with Crippen LogP contribution in [0.5, 0.6) is 0 Å². The number of rotatable bonds is 34. The minimum Gasteiger partial charge on any atom is -0.469 e. The molecule has 0 bridgehead atoms. The summed E-state index contributed by atoms with van der Waals surface area (Å²) in [5.41, 5.74) is -1.11. The zero-order valence-corrected chi connectivity index (χ0v) is 37.0. The van der Waals surface area contributed by atoms with Crippen LogP contribution < -0.4 is 10.6 Å². The molecule has 0 saturated heterocycles. The highest BCUT2D eigenvalue weighted by Gasteiger charge is 2.27. The number of quaternary nitrogens is 1. The van der Waals surface area contributed by atoms with Crippen LogP contribution in [0.25, 0.3) is 0 Å². The van der Waals surface area contributed by atoms with Crippen molar-refractivity contribution in [2.75, 3.05) is 67.3 Å². The SMILES string of the molecule is COC(=O)CCOCCOCC[N+](C)(C)CCNC(=O)CC[C@H](NC(=O)CCCCCCCCCCCCCCCCC(=O)OC(C)(C)C)C(=O)OC(C)(C)C. The van der Waals surface area contributed by atoms with Gasteiger partial charge < -0.3 is 38.8 Å². The van der Waals surface area contributed by atoms with Crippen LogP contribution in [0.1, 0.15) is 164 Å². The van der Waals surface area contributed by atoms with Gasteiger partial charge in [0.25, 0.3) is 0 Å². The molecule has 0 heterocycles. The maximum Gasteiger partial charge on any atom is 0.329 e. The predicted molar refractivity (Wildman–Crippen MR) is 220 cm³/mol. The second-order valence-electron chi connectivity index (χ2n) is 17.5. The molecule has 56 heavy (non-hydrogen) atoms. The van der Waals surface area contributed by atoms with Gasteiger partial charge in [0.15, 0.2) is 0 Å². The van der Waals surface area contributed by atoms with E-state index in [1.807, 2.05) is 20.8 Å². The zero-order chi connectivity index (χ0) is 42.3. The molecule has 0 aliphatic rings. The second-order valence-corrected chi connectivity index (χ2v) is 17.5. The molecule has 0 fully saturated rings. The number of hydrogen-bond donors (Lipinski definition) is 2. The summed E-state index contributed by atoms with van der Waals surface area (Å²) in [4.78, 5) is 61.3. The molecule has 2 N–H and O–H groups in total. The van der Waals surface area contributed by atoms with E-state index in [2.05, 4.69) is 29.5 Å². The average molecular weight is 801 g/mol. The highest BCUT2D eigenvalue weighted by Crippen LogP contribution is 2.16. The van der Waals surface area contributed by atoms with Gasteiger partial charge in [-0.2, -0.15) is 0 Å². The van der Waals surface area contributed by atoms with Crippen molar-refractivity contribution >= 4 is 29.7 Å². The quantitative estimate of drug-likeness (QED) is 0.0302. The van der Waals surface area contributed by atoms with Gasteiger partial charge in [-0.15, -0.1) is 0 Å². The number of carbonyl (C=O) groups is 5. The molecule has 0 rings (SSSR count). The third kappa shape index (κ3) is 35.6. The Kier molecular flexibility index (Phi) is 29.7. The van der Waals surface area contributed by atoms with Crippen LogP contribution in [0.15, 0.2) is 0 Å².